The third kappa shape index (κ3) is 6.32. The van der Waals surface area contributed by atoms with Crippen LogP contribution in [0.25, 0.3) is 12.2 Å². The molecular weight excluding hydrogens is 420 g/mol. The van der Waals surface area contributed by atoms with Crippen LogP contribution in [0.5, 0.6) is 11.5 Å². The summed E-state index contributed by atoms with van der Waals surface area (Å²) in [4.78, 5) is 4.34. The summed E-state index contributed by atoms with van der Waals surface area (Å²) in [5, 5.41) is 4.14. The average molecular weight is 461 g/mol. The molecule has 0 fully saturated rings. The first-order valence-electron chi connectivity index (χ1n) is 11.1. The summed E-state index contributed by atoms with van der Waals surface area (Å²) in [6, 6.07) is 6.15. The molecule has 1 heterocycles. The lowest BCUT2D eigenvalue weighted by Crippen LogP contribution is -2.45. The molecule has 0 saturated heterocycles. The van der Waals surface area contributed by atoms with Crippen LogP contribution < -0.4 is 8.85 Å². The molecule has 1 aromatic carbocycles. The molecule has 1 aromatic heterocycles. The Morgan fingerprint density at radius 2 is 1.42 bits per heavy atom. The van der Waals surface area contributed by atoms with Crippen LogP contribution in [0, 0.1) is 0 Å². The van der Waals surface area contributed by atoms with Crippen LogP contribution in [0.15, 0.2) is 22.7 Å². The second-order valence-electron chi connectivity index (χ2n) is 11.2. The van der Waals surface area contributed by atoms with Crippen molar-refractivity contribution < 1.29 is 13.4 Å². The first-order chi connectivity index (χ1) is 14.1. The van der Waals surface area contributed by atoms with E-state index in [0.29, 0.717) is 11.7 Å². The van der Waals surface area contributed by atoms with Crippen molar-refractivity contribution in [2.75, 3.05) is 0 Å². The molecule has 0 aliphatic heterocycles. The van der Waals surface area contributed by atoms with Gasteiger partial charge in [-0.3, -0.25) is 0 Å². The first kappa shape index (κ1) is 25.4. The van der Waals surface area contributed by atoms with Crippen LogP contribution in [-0.4, -0.2) is 26.8 Å². The topological polar surface area (TPSA) is 57.4 Å². The van der Waals surface area contributed by atoms with E-state index >= 15 is 0 Å². The molecule has 0 unspecified atom stereocenters. The third-order valence-corrected chi connectivity index (χ3v) is 15.2. The fraction of sp³-hybridized carbons (Fsp3) is 0.583. The number of hydrogen-bond donors (Lipinski definition) is 0. The predicted molar refractivity (Wildman–Crippen MR) is 135 cm³/mol. The maximum absolute atomic E-state index is 6.72. The Bertz CT molecular complexity index is 920. The van der Waals surface area contributed by atoms with Crippen molar-refractivity contribution in [2.45, 2.75) is 91.2 Å². The first-order valence-corrected chi connectivity index (χ1v) is 16.9. The Labute approximate surface area is 190 Å². The summed E-state index contributed by atoms with van der Waals surface area (Å²) < 4.78 is 18.7. The van der Waals surface area contributed by atoms with E-state index in [1.807, 2.05) is 25.1 Å². The molecule has 2 aromatic rings. The quantitative estimate of drug-likeness (QED) is 0.399. The Hall–Kier alpha value is -1.87. The van der Waals surface area contributed by atoms with Gasteiger partial charge in [0, 0.05) is 12.5 Å². The second kappa shape index (κ2) is 8.94. The van der Waals surface area contributed by atoms with E-state index in [0.717, 1.165) is 23.5 Å². The van der Waals surface area contributed by atoms with Crippen molar-refractivity contribution in [3.05, 3.63) is 35.5 Å². The molecule has 0 atom stereocenters. The highest BCUT2D eigenvalue weighted by Gasteiger charge is 2.42. The van der Waals surface area contributed by atoms with Gasteiger partial charge in [-0.05, 0) is 60.0 Å². The Morgan fingerprint density at radius 3 is 1.90 bits per heavy atom. The summed E-state index contributed by atoms with van der Waals surface area (Å²) in [5.74, 6) is 2.86. The number of rotatable bonds is 7. The number of nitrogens with zero attached hydrogens (tertiary/aromatic N) is 2. The van der Waals surface area contributed by atoms with Crippen LogP contribution >= 0.6 is 0 Å². The van der Waals surface area contributed by atoms with E-state index in [1.165, 1.54) is 0 Å². The van der Waals surface area contributed by atoms with Crippen molar-refractivity contribution in [1.82, 2.24) is 10.1 Å². The molecule has 0 saturated carbocycles. The zero-order valence-corrected chi connectivity index (χ0v) is 23.2. The van der Waals surface area contributed by atoms with Gasteiger partial charge < -0.3 is 13.4 Å². The minimum Gasteiger partial charge on any atom is -0.541 e. The molecule has 31 heavy (non-hydrogen) atoms. The third-order valence-electron chi connectivity index (χ3n) is 6.53. The van der Waals surface area contributed by atoms with E-state index < -0.39 is 16.6 Å². The van der Waals surface area contributed by atoms with Gasteiger partial charge in [-0.15, -0.1) is 0 Å². The van der Waals surface area contributed by atoms with Crippen LogP contribution in [0.4, 0.5) is 0 Å². The van der Waals surface area contributed by atoms with E-state index in [9.17, 15) is 0 Å². The Balaban J connectivity index is 2.43. The van der Waals surface area contributed by atoms with E-state index in [2.05, 4.69) is 90.0 Å². The van der Waals surface area contributed by atoms with Crippen LogP contribution in [-0.2, 0) is 6.42 Å². The fourth-order valence-electron chi connectivity index (χ4n) is 2.29. The van der Waals surface area contributed by atoms with Gasteiger partial charge >= 0.3 is 0 Å². The zero-order valence-electron chi connectivity index (χ0n) is 21.2. The highest BCUT2D eigenvalue weighted by atomic mass is 28.4. The Morgan fingerprint density at radius 1 is 0.871 bits per heavy atom. The minimum absolute atomic E-state index is 0.0907. The van der Waals surface area contributed by atoms with Gasteiger partial charge in [-0.2, -0.15) is 4.98 Å². The van der Waals surface area contributed by atoms with Crippen LogP contribution in [0.1, 0.15) is 65.7 Å². The van der Waals surface area contributed by atoms with Crippen molar-refractivity contribution in [1.29, 1.82) is 0 Å². The van der Waals surface area contributed by atoms with Gasteiger partial charge in [-0.1, -0.05) is 59.7 Å². The molecule has 0 aliphatic carbocycles. The predicted octanol–water partition coefficient (Wildman–Crippen LogP) is 7.57. The zero-order chi connectivity index (χ0) is 23.7. The summed E-state index contributed by atoms with van der Waals surface area (Å²) in [5.41, 5.74) is 1.01. The molecular formula is C24H40N2O3Si2. The molecule has 0 aliphatic rings. The summed E-state index contributed by atoms with van der Waals surface area (Å²) in [6.45, 7) is 24.5. The molecule has 0 amide bonds. The van der Waals surface area contributed by atoms with Crippen LogP contribution in [0.3, 0.4) is 0 Å². The lowest BCUT2D eigenvalue weighted by atomic mass is 10.2. The van der Waals surface area contributed by atoms with Gasteiger partial charge in [0.1, 0.15) is 11.5 Å². The Kier molecular flexibility index (Phi) is 7.32. The van der Waals surface area contributed by atoms with Crippen molar-refractivity contribution in [3.63, 3.8) is 0 Å². The van der Waals surface area contributed by atoms with Crippen molar-refractivity contribution >= 4 is 28.8 Å². The standard InChI is InChI=1S/C24H40N2O3Si2/c1-12-21-25-22(27-26-21)16-14-18-13-15-19(28-30(8,9)23(2,3)4)20(17-18)29-31(10,11)24(5,6)7/h13-17H,12H2,1-11H3. The molecule has 172 valence electrons. The molecule has 0 N–H and O–H groups in total. The molecule has 0 radical (unpaired) electrons. The summed E-state index contributed by atoms with van der Waals surface area (Å²) in [7, 11) is -4.04. The molecule has 0 bridgehead atoms. The molecule has 7 heteroatoms. The van der Waals surface area contributed by atoms with Gasteiger partial charge in [0.05, 0.1) is 0 Å². The minimum atomic E-state index is -2.04. The highest BCUT2D eigenvalue weighted by molar-refractivity contribution is 6.75. The SMILES string of the molecule is CCc1noc(C=Cc2ccc(O[Si](C)(C)C(C)(C)C)c(O[Si](C)(C)C(C)(C)C)c2)n1. The lowest BCUT2D eigenvalue weighted by molar-refractivity contribution is 0.403. The van der Waals surface area contributed by atoms with Gasteiger partial charge in [-0.25, -0.2) is 0 Å². The second-order valence-corrected chi connectivity index (χ2v) is 20.6. The number of aromatic nitrogens is 2. The van der Waals surface area contributed by atoms with E-state index in [4.69, 9.17) is 13.4 Å². The van der Waals surface area contributed by atoms with E-state index in [1.54, 1.807) is 0 Å². The maximum atomic E-state index is 6.72. The smallest absolute Gasteiger partial charge is 0.250 e. The number of benzene rings is 1. The molecule has 2 rings (SSSR count). The van der Waals surface area contributed by atoms with Crippen LogP contribution in [0.2, 0.25) is 36.3 Å². The molecule has 5 nitrogen and oxygen atoms in total. The number of hydrogen-bond acceptors (Lipinski definition) is 5. The molecule has 0 spiro atoms. The normalized spacial score (nSPS) is 13.6. The van der Waals surface area contributed by atoms with Gasteiger partial charge in [0.15, 0.2) is 5.82 Å². The lowest BCUT2D eigenvalue weighted by Gasteiger charge is -2.39. The van der Waals surface area contributed by atoms with E-state index in [-0.39, 0.29) is 10.1 Å². The summed E-state index contributed by atoms with van der Waals surface area (Å²) >= 11 is 0. The van der Waals surface area contributed by atoms with Crippen molar-refractivity contribution in [3.8, 4) is 11.5 Å². The highest BCUT2D eigenvalue weighted by Crippen LogP contribution is 2.43. The number of aryl methyl sites for hydroxylation is 1. The average Bonchev–Trinajstić information content (AvgIpc) is 3.07. The fourth-order valence-corrected chi connectivity index (χ4v) is 4.33. The largest absolute Gasteiger partial charge is 0.541 e. The van der Waals surface area contributed by atoms with Gasteiger partial charge in [0.25, 0.3) is 22.5 Å². The van der Waals surface area contributed by atoms with Gasteiger partial charge in [0.2, 0.25) is 0 Å². The summed E-state index contributed by atoms with van der Waals surface area (Å²) in [6.07, 6.45) is 4.56. The monoisotopic (exact) mass is 460 g/mol. The van der Waals surface area contributed by atoms with Crippen molar-refractivity contribution in [2.24, 2.45) is 0 Å². The maximum Gasteiger partial charge on any atom is 0.250 e.